The molecule has 2 atom stereocenters. The molecule has 180 valence electrons. The molecule has 2 aromatic carbocycles. The monoisotopic (exact) mass is 556 g/mol. The van der Waals surface area contributed by atoms with E-state index in [1.807, 2.05) is 32.0 Å². The molecule has 0 heterocycles. The van der Waals surface area contributed by atoms with Crippen LogP contribution in [-0.4, -0.2) is 35.4 Å². The lowest BCUT2D eigenvalue weighted by Crippen LogP contribution is -2.50. The van der Waals surface area contributed by atoms with Crippen molar-refractivity contribution >= 4 is 50.9 Å². The van der Waals surface area contributed by atoms with Gasteiger partial charge in [0.05, 0.1) is 4.47 Å². The molecule has 33 heavy (non-hydrogen) atoms. The van der Waals surface area contributed by atoms with Crippen LogP contribution in [-0.2, 0) is 16.1 Å². The number of hydrogen-bond donors (Lipinski definition) is 1. The fraction of sp³-hybridized carbons (Fsp3) is 0.440. The molecule has 1 N–H and O–H groups in total. The third kappa shape index (κ3) is 7.90. The van der Waals surface area contributed by atoms with Gasteiger partial charge in [0, 0.05) is 22.6 Å². The summed E-state index contributed by atoms with van der Waals surface area (Å²) in [6.45, 7) is 9.77. The van der Waals surface area contributed by atoms with E-state index in [9.17, 15) is 9.59 Å². The maximum Gasteiger partial charge on any atom is 0.261 e. The first-order valence-electron chi connectivity index (χ1n) is 11.0. The molecule has 8 heteroatoms. The molecule has 2 amide bonds. The smallest absolute Gasteiger partial charge is 0.261 e. The summed E-state index contributed by atoms with van der Waals surface area (Å²) < 4.78 is 6.58. The summed E-state index contributed by atoms with van der Waals surface area (Å²) in [6.07, 6.45) is 0.791. The number of benzene rings is 2. The molecule has 0 fully saturated rings. The van der Waals surface area contributed by atoms with Gasteiger partial charge in [-0.15, -0.1) is 0 Å². The predicted octanol–water partition coefficient (Wildman–Crippen LogP) is 6.59. The second-order valence-electron chi connectivity index (χ2n) is 8.38. The highest BCUT2D eigenvalue weighted by atomic mass is 79.9. The molecule has 0 spiro atoms. The van der Waals surface area contributed by atoms with Crippen molar-refractivity contribution in [2.24, 2.45) is 0 Å². The van der Waals surface area contributed by atoms with Crippen molar-refractivity contribution in [3.63, 3.8) is 0 Å². The van der Waals surface area contributed by atoms with Gasteiger partial charge in [-0.25, -0.2) is 0 Å². The lowest BCUT2D eigenvalue weighted by atomic mass is 10.0. The van der Waals surface area contributed by atoms with Gasteiger partial charge >= 0.3 is 0 Å². The fourth-order valence-electron chi connectivity index (χ4n) is 3.10. The molecule has 0 saturated heterocycles. The van der Waals surface area contributed by atoms with Crippen LogP contribution in [0.3, 0.4) is 0 Å². The van der Waals surface area contributed by atoms with E-state index >= 15 is 0 Å². The van der Waals surface area contributed by atoms with Gasteiger partial charge in [-0.1, -0.05) is 56.1 Å². The summed E-state index contributed by atoms with van der Waals surface area (Å²) in [6, 6.07) is 10.2. The molecule has 0 aliphatic rings. The Morgan fingerprint density at radius 3 is 2.36 bits per heavy atom. The van der Waals surface area contributed by atoms with Crippen molar-refractivity contribution in [1.29, 1.82) is 0 Å². The van der Waals surface area contributed by atoms with E-state index in [-0.39, 0.29) is 31.0 Å². The first kappa shape index (κ1) is 27.5. The van der Waals surface area contributed by atoms with Crippen LogP contribution in [0.25, 0.3) is 0 Å². The lowest BCUT2D eigenvalue weighted by molar-refractivity contribution is -0.142. The Kier molecular flexibility index (Phi) is 10.5. The number of hydrogen-bond acceptors (Lipinski definition) is 3. The molecule has 0 bridgehead atoms. The second kappa shape index (κ2) is 12.6. The molecule has 0 aliphatic heterocycles. The van der Waals surface area contributed by atoms with Crippen molar-refractivity contribution in [3.8, 4) is 5.75 Å². The van der Waals surface area contributed by atoms with Crippen molar-refractivity contribution in [1.82, 2.24) is 10.2 Å². The van der Waals surface area contributed by atoms with E-state index in [1.165, 1.54) is 4.90 Å². The Morgan fingerprint density at radius 1 is 1.09 bits per heavy atom. The van der Waals surface area contributed by atoms with E-state index in [4.69, 9.17) is 27.9 Å². The minimum atomic E-state index is -0.714. The van der Waals surface area contributed by atoms with Gasteiger partial charge < -0.3 is 15.0 Å². The highest BCUT2D eigenvalue weighted by Crippen LogP contribution is 2.29. The number of nitrogens with one attached hydrogen (secondary N) is 1. The van der Waals surface area contributed by atoms with E-state index in [2.05, 4.69) is 35.1 Å². The van der Waals surface area contributed by atoms with Gasteiger partial charge in [0.1, 0.15) is 11.8 Å². The molecular weight excluding hydrogens is 527 g/mol. The Morgan fingerprint density at radius 2 is 1.79 bits per heavy atom. The third-order valence-electron chi connectivity index (χ3n) is 5.50. The zero-order chi connectivity index (χ0) is 24.7. The molecular formula is C25H31BrCl2N2O3. The largest absolute Gasteiger partial charge is 0.483 e. The summed E-state index contributed by atoms with van der Waals surface area (Å²) in [5, 5.41) is 3.87. The Hall–Kier alpha value is -1.76. The van der Waals surface area contributed by atoms with Crippen LogP contribution >= 0.6 is 39.1 Å². The molecule has 0 unspecified atom stereocenters. The van der Waals surface area contributed by atoms with Crippen LogP contribution in [0.15, 0.2) is 40.9 Å². The van der Waals surface area contributed by atoms with Crippen LogP contribution in [0, 0.1) is 0 Å². The molecule has 2 aromatic rings. The molecule has 5 nitrogen and oxygen atoms in total. The summed E-state index contributed by atoms with van der Waals surface area (Å²) in [4.78, 5) is 27.5. The normalized spacial score (nSPS) is 12.9. The third-order valence-corrected chi connectivity index (χ3v) is 6.70. The number of carbonyl (C=O) groups is 2. The number of halogens is 3. The van der Waals surface area contributed by atoms with Crippen molar-refractivity contribution in [2.75, 3.05) is 6.61 Å². The summed E-state index contributed by atoms with van der Waals surface area (Å²) in [5.41, 5.74) is 1.86. The second-order valence-corrected chi connectivity index (χ2v) is 10.1. The minimum Gasteiger partial charge on any atom is -0.483 e. The van der Waals surface area contributed by atoms with Crippen LogP contribution < -0.4 is 10.1 Å². The zero-order valence-corrected chi connectivity index (χ0v) is 22.7. The molecule has 0 saturated carbocycles. The summed E-state index contributed by atoms with van der Waals surface area (Å²) in [5.74, 6) is 0.383. The number of rotatable bonds is 10. The highest BCUT2D eigenvalue weighted by molar-refractivity contribution is 9.10. The fourth-order valence-corrected chi connectivity index (χ4v) is 4.08. The Labute approximate surface area is 214 Å². The summed E-state index contributed by atoms with van der Waals surface area (Å²) in [7, 11) is 0. The van der Waals surface area contributed by atoms with Gasteiger partial charge in [0.25, 0.3) is 5.91 Å². The minimum absolute atomic E-state index is 0.00250. The van der Waals surface area contributed by atoms with Crippen molar-refractivity contribution in [3.05, 3.63) is 62.0 Å². The molecule has 0 aromatic heterocycles. The topological polar surface area (TPSA) is 58.6 Å². The van der Waals surface area contributed by atoms with Crippen LogP contribution in [0.2, 0.25) is 10.0 Å². The maximum absolute atomic E-state index is 13.2. The summed E-state index contributed by atoms with van der Waals surface area (Å²) >= 11 is 15.9. The highest BCUT2D eigenvalue weighted by Gasteiger charge is 2.28. The maximum atomic E-state index is 13.2. The van der Waals surface area contributed by atoms with Gasteiger partial charge in [0.15, 0.2) is 6.61 Å². The van der Waals surface area contributed by atoms with Crippen molar-refractivity contribution < 1.29 is 14.3 Å². The van der Waals surface area contributed by atoms with E-state index in [0.717, 1.165) is 16.5 Å². The Bertz CT molecular complexity index is 984. The molecule has 0 aliphatic carbocycles. The lowest BCUT2D eigenvalue weighted by Gasteiger charge is -2.30. The standard InChI is InChI=1S/C25H31BrCl2N2O3/c1-6-16(4)29-25(32)17(5)30(13-19-7-9-20(27)12-22(19)28)24(31)14-33-23-10-8-18(15(2)3)11-21(23)26/h7-12,15-17H,6,13-14H2,1-5H3,(H,29,32)/t16-,17-/m1/s1. The van der Waals surface area contributed by atoms with Gasteiger partial charge in [-0.3, -0.25) is 9.59 Å². The zero-order valence-electron chi connectivity index (χ0n) is 19.6. The Balaban J connectivity index is 2.22. The number of amides is 2. The predicted molar refractivity (Wildman–Crippen MR) is 138 cm³/mol. The quantitative estimate of drug-likeness (QED) is 0.358. The SMILES string of the molecule is CC[C@@H](C)NC(=O)[C@@H](C)N(Cc1ccc(Cl)cc1Cl)C(=O)COc1ccc(C(C)C)cc1Br. The average molecular weight is 558 g/mol. The van der Waals surface area contributed by atoms with Gasteiger partial charge in [-0.2, -0.15) is 0 Å². The first-order chi connectivity index (χ1) is 15.5. The first-order valence-corrected chi connectivity index (χ1v) is 12.5. The van der Waals surface area contributed by atoms with Crippen LogP contribution in [0.4, 0.5) is 0 Å². The number of nitrogens with zero attached hydrogens (tertiary/aromatic N) is 1. The van der Waals surface area contributed by atoms with Gasteiger partial charge in [0.2, 0.25) is 5.91 Å². The molecule has 0 radical (unpaired) electrons. The number of ether oxygens (including phenoxy) is 1. The van der Waals surface area contributed by atoms with Crippen molar-refractivity contribution in [2.45, 2.75) is 65.6 Å². The van der Waals surface area contributed by atoms with Crippen LogP contribution in [0.1, 0.15) is 58.1 Å². The average Bonchev–Trinajstić information content (AvgIpc) is 2.76. The van der Waals surface area contributed by atoms with E-state index in [0.29, 0.717) is 27.3 Å². The van der Waals surface area contributed by atoms with E-state index in [1.54, 1.807) is 25.1 Å². The van der Waals surface area contributed by atoms with E-state index < -0.39 is 6.04 Å². The van der Waals surface area contributed by atoms with Crippen LogP contribution in [0.5, 0.6) is 5.75 Å². The number of carbonyl (C=O) groups excluding carboxylic acids is 2. The van der Waals surface area contributed by atoms with Gasteiger partial charge in [-0.05, 0) is 77.5 Å². The molecule has 2 rings (SSSR count).